The second-order valence-electron chi connectivity index (χ2n) is 6.64. The van der Waals surface area contributed by atoms with Crippen LogP contribution in [-0.4, -0.2) is 41.0 Å². The van der Waals surface area contributed by atoms with E-state index in [1.54, 1.807) is 11.8 Å². The molecule has 25 heavy (non-hydrogen) atoms. The van der Waals surface area contributed by atoms with Gasteiger partial charge in [-0.25, -0.2) is 9.69 Å². The average Bonchev–Trinajstić information content (AvgIpc) is 2.86. The van der Waals surface area contributed by atoms with Crippen molar-refractivity contribution in [2.24, 2.45) is 0 Å². The van der Waals surface area contributed by atoms with Gasteiger partial charge in [0.2, 0.25) is 0 Å². The number of hydrogen-bond donors (Lipinski definition) is 0. The molecule has 2 aromatic rings. The zero-order valence-corrected chi connectivity index (χ0v) is 14.3. The highest BCUT2D eigenvalue weighted by Crippen LogP contribution is 2.26. The summed E-state index contributed by atoms with van der Waals surface area (Å²) in [5.41, 5.74) is 3.40. The van der Waals surface area contributed by atoms with Crippen LogP contribution < -0.4 is 4.90 Å². The van der Waals surface area contributed by atoms with Gasteiger partial charge in [-0.1, -0.05) is 42.5 Å². The van der Waals surface area contributed by atoms with Gasteiger partial charge in [0.05, 0.1) is 6.67 Å². The first-order chi connectivity index (χ1) is 12.1. The summed E-state index contributed by atoms with van der Waals surface area (Å²) in [7, 11) is 0. The van der Waals surface area contributed by atoms with Crippen LogP contribution in [0.15, 0.2) is 54.6 Å². The van der Waals surface area contributed by atoms with Gasteiger partial charge < -0.3 is 0 Å². The normalized spacial score (nSPS) is 20.9. The second-order valence-corrected chi connectivity index (χ2v) is 6.64. The Morgan fingerprint density at radius 2 is 1.64 bits per heavy atom. The van der Waals surface area contributed by atoms with Crippen molar-refractivity contribution in [1.29, 1.82) is 0 Å². The molecule has 0 N–H and O–H groups in total. The van der Waals surface area contributed by atoms with Crippen LogP contribution in [0.2, 0.25) is 0 Å². The summed E-state index contributed by atoms with van der Waals surface area (Å²) in [6.07, 6.45) is 0.949. The quantitative estimate of drug-likeness (QED) is 0.810. The van der Waals surface area contributed by atoms with E-state index in [2.05, 4.69) is 23.1 Å². The van der Waals surface area contributed by atoms with Crippen molar-refractivity contribution in [3.05, 3.63) is 65.7 Å². The van der Waals surface area contributed by atoms with E-state index in [1.165, 1.54) is 16.0 Å². The monoisotopic (exact) mass is 335 g/mol. The van der Waals surface area contributed by atoms with Gasteiger partial charge in [-0.2, -0.15) is 0 Å². The number of urea groups is 1. The molecule has 3 amide bonds. The van der Waals surface area contributed by atoms with E-state index in [-0.39, 0.29) is 11.9 Å². The average molecular weight is 335 g/mol. The fourth-order valence-corrected chi connectivity index (χ4v) is 3.65. The Hall–Kier alpha value is -2.66. The van der Waals surface area contributed by atoms with E-state index in [9.17, 15) is 9.59 Å². The minimum atomic E-state index is -0.466. The minimum Gasteiger partial charge on any atom is -0.282 e. The molecule has 0 aromatic heterocycles. The first kappa shape index (κ1) is 15.8. The molecule has 2 aliphatic heterocycles. The molecular formula is C20H21N3O2. The van der Waals surface area contributed by atoms with Crippen LogP contribution in [0, 0.1) is 0 Å². The van der Waals surface area contributed by atoms with Crippen molar-refractivity contribution in [2.45, 2.75) is 25.9 Å². The van der Waals surface area contributed by atoms with Crippen LogP contribution >= 0.6 is 0 Å². The lowest BCUT2D eigenvalue weighted by molar-refractivity contribution is -0.128. The molecule has 0 bridgehead atoms. The maximum atomic E-state index is 12.9. The van der Waals surface area contributed by atoms with Gasteiger partial charge in [0.25, 0.3) is 5.91 Å². The van der Waals surface area contributed by atoms with Crippen molar-refractivity contribution >= 4 is 17.6 Å². The molecule has 5 heteroatoms. The number of nitrogens with zero attached hydrogens (tertiary/aromatic N) is 3. The van der Waals surface area contributed by atoms with Gasteiger partial charge in [0, 0.05) is 18.8 Å². The van der Waals surface area contributed by atoms with Crippen LogP contribution in [0.25, 0.3) is 0 Å². The van der Waals surface area contributed by atoms with Gasteiger partial charge in [-0.15, -0.1) is 0 Å². The third-order valence-corrected chi connectivity index (χ3v) is 5.03. The highest BCUT2D eigenvalue weighted by molar-refractivity contribution is 6.14. The smallest absolute Gasteiger partial charge is 0.282 e. The van der Waals surface area contributed by atoms with Crippen LogP contribution in [0.4, 0.5) is 10.5 Å². The molecule has 128 valence electrons. The lowest BCUT2D eigenvalue weighted by Gasteiger charge is -2.31. The molecule has 0 saturated carbocycles. The number of para-hydroxylation sites is 1. The van der Waals surface area contributed by atoms with E-state index < -0.39 is 6.04 Å². The van der Waals surface area contributed by atoms with Crippen LogP contribution in [0.5, 0.6) is 0 Å². The summed E-state index contributed by atoms with van der Waals surface area (Å²) < 4.78 is 0. The highest BCUT2D eigenvalue weighted by Gasteiger charge is 2.43. The van der Waals surface area contributed by atoms with Crippen molar-refractivity contribution in [1.82, 2.24) is 9.80 Å². The lowest BCUT2D eigenvalue weighted by Crippen LogP contribution is -2.44. The van der Waals surface area contributed by atoms with Crippen molar-refractivity contribution < 1.29 is 9.59 Å². The minimum absolute atomic E-state index is 0.132. The van der Waals surface area contributed by atoms with Crippen molar-refractivity contribution in [3.8, 4) is 0 Å². The number of rotatable bonds is 3. The zero-order chi connectivity index (χ0) is 17.4. The number of carbonyl (C=O) groups is 2. The Morgan fingerprint density at radius 3 is 2.40 bits per heavy atom. The Labute approximate surface area is 147 Å². The van der Waals surface area contributed by atoms with Crippen LogP contribution in [-0.2, 0) is 17.8 Å². The van der Waals surface area contributed by atoms with Crippen LogP contribution in [0.1, 0.15) is 18.1 Å². The molecule has 1 saturated heterocycles. The molecule has 0 aliphatic carbocycles. The van der Waals surface area contributed by atoms with Crippen LogP contribution in [0.3, 0.4) is 0 Å². The van der Waals surface area contributed by atoms with E-state index in [4.69, 9.17) is 0 Å². The maximum absolute atomic E-state index is 12.9. The fraction of sp³-hybridized carbons (Fsp3) is 0.300. The van der Waals surface area contributed by atoms with Gasteiger partial charge in [-0.3, -0.25) is 14.6 Å². The predicted molar refractivity (Wildman–Crippen MR) is 96.0 cm³/mol. The van der Waals surface area contributed by atoms with Crippen molar-refractivity contribution in [2.75, 3.05) is 18.1 Å². The standard InChI is InChI=1S/C20H21N3O2/c1-15-19(24)22(20(25)23(15)18-9-3-2-4-10-18)14-21-12-11-16-7-5-6-8-17(16)13-21/h2-10,15H,11-14H2,1H3. The molecule has 5 nitrogen and oxygen atoms in total. The predicted octanol–water partition coefficient (Wildman–Crippen LogP) is 2.86. The second kappa shape index (κ2) is 6.33. The largest absolute Gasteiger partial charge is 0.333 e. The number of benzene rings is 2. The molecule has 1 fully saturated rings. The van der Waals surface area contributed by atoms with E-state index in [1.807, 2.05) is 36.4 Å². The third kappa shape index (κ3) is 2.81. The molecule has 0 spiro atoms. The van der Waals surface area contributed by atoms with Gasteiger partial charge in [0.15, 0.2) is 0 Å². The number of hydrogen-bond acceptors (Lipinski definition) is 3. The molecule has 4 rings (SSSR count). The Morgan fingerprint density at radius 1 is 0.960 bits per heavy atom. The summed E-state index contributed by atoms with van der Waals surface area (Å²) in [6, 6.07) is 17.0. The third-order valence-electron chi connectivity index (χ3n) is 5.03. The van der Waals surface area contributed by atoms with Crippen molar-refractivity contribution in [3.63, 3.8) is 0 Å². The first-order valence-corrected chi connectivity index (χ1v) is 8.64. The highest BCUT2D eigenvalue weighted by atomic mass is 16.2. The number of fused-ring (bicyclic) bond motifs is 1. The number of amides is 3. The number of anilines is 1. The Balaban J connectivity index is 1.52. The molecule has 2 heterocycles. The summed E-state index contributed by atoms with van der Waals surface area (Å²) in [5, 5.41) is 0. The summed E-state index contributed by atoms with van der Waals surface area (Å²) >= 11 is 0. The van der Waals surface area contributed by atoms with E-state index in [0.29, 0.717) is 6.67 Å². The molecule has 2 aromatic carbocycles. The van der Waals surface area contributed by atoms with Gasteiger partial charge >= 0.3 is 6.03 Å². The lowest BCUT2D eigenvalue weighted by atomic mass is 10.0. The summed E-state index contributed by atoms with van der Waals surface area (Å²) in [5.74, 6) is -0.132. The summed E-state index contributed by atoms with van der Waals surface area (Å²) in [6.45, 7) is 3.76. The number of imide groups is 1. The SMILES string of the molecule is CC1C(=O)N(CN2CCc3ccccc3C2)C(=O)N1c1ccccc1. The number of carbonyl (C=O) groups excluding carboxylic acids is 2. The Kier molecular flexibility index (Phi) is 4.01. The molecule has 1 atom stereocenters. The molecule has 2 aliphatic rings. The fourth-order valence-electron chi connectivity index (χ4n) is 3.65. The van der Waals surface area contributed by atoms with Gasteiger partial charge in [0.1, 0.15) is 6.04 Å². The van der Waals surface area contributed by atoms with Gasteiger partial charge in [-0.05, 0) is 36.6 Å². The molecule has 1 unspecified atom stereocenters. The summed E-state index contributed by atoms with van der Waals surface area (Å²) in [4.78, 5) is 30.6. The molecular weight excluding hydrogens is 314 g/mol. The molecule has 0 radical (unpaired) electrons. The van der Waals surface area contributed by atoms with E-state index in [0.717, 1.165) is 25.2 Å². The zero-order valence-electron chi connectivity index (χ0n) is 14.3. The maximum Gasteiger partial charge on any atom is 0.333 e. The topological polar surface area (TPSA) is 43.9 Å². The van der Waals surface area contributed by atoms with E-state index >= 15 is 0 Å². The Bertz CT molecular complexity index is 806. The first-order valence-electron chi connectivity index (χ1n) is 8.64.